The fourth-order valence-corrected chi connectivity index (χ4v) is 1.95. The zero-order chi connectivity index (χ0) is 7.82. The summed E-state index contributed by atoms with van der Waals surface area (Å²) in [7, 11) is 5.71. The summed E-state index contributed by atoms with van der Waals surface area (Å²) in [5, 5.41) is 0. The lowest BCUT2D eigenvalue weighted by atomic mass is 10.2. The van der Waals surface area contributed by atoms with E-state index in [-0.39, 0.29) is 10.1 Å². The minimum atomic E-state index is -0.149. The molecule has 0 aliphatic heterocycles. The predicted octanol–water partition coefficient (Wildman–Crippen LogP) is 3.74. The van der Waals surface area contributed by atoms with Crippen molar-refractivity contribution in [1.29, 1.82) is 0 Å². The lowest BCUT2D eigenvalue weighted by molar-refractivity contribution is 0.659. The minimum Gasteiger partial charge on any atom is -0.178 e. The summed E-state index contributed by atoms with van der Waals surface area (Å²) in [6.45, 7) is 2.24. The van der Waals surface area contributed by atoms with E-state index in [4.69, 9.17) is 10.7 Å². The molecule has 0 radical (unpaired) electrons. The number of halogens is 1. The van der Waals surface area contributed by atoms with E-state index in [2.05, 4.69) is 13.2 Å². The van der Waals surface area contributed by atoms with E-state index >= 15 is 0 Å². The van der Waals surface area contributed by atoms with Gasteiger partial charge in [0.05, 0.1) is 0 Å². The molecule has 1 atom stereocenters. The van der Waals surface area contributed by atoms with Crippen molar-refractivity contribution in [1.82, 2.24) is 0 Å². The van der Waals surface area contributed by atoms with Crippen LogP contribution >= 0.6 is 20.8 Å². The Morgan fingerprint density at radius 2 is 1.70 bits per heavy atom. The maximum Gasteiger partial charge on any atom is -0.0129 e. The van der Waals surface area contributed by atoms with Crippen molar-refractivity contribution in [3.8, 4) is 0 Å². The highest BCUT2D eigenvalue weighted by Gasteiger charge is 1.91. The summed E-state index contributed by atoms with van der Waals surface area (Å²) in [6, 6.07) is 0. The number of hydrogen-bond acceptors (Lipinski definition) is 0. The van der Waals surface area contributed by atoms with Gasteiger partial charge in [-0.1, -0.05) is 43.3 Å². The van der Waals surface area contributed by atoms with E-state index in [1.54, 1.807) is 0 Å². The first-order valence-corrected chi connectivity index (χ1v) is 7.02. The van der Waals surface area contributed by atoms with Crippen LogP contribution in [0.25, 0.3) is 0 Å². The molecule has 0 spiro atoms. The first-order chi connectivity index (χ1) is 4.77. The molecular weight excluding hydrogens is 164 g/mol. The molecule has 0 rings (SSSR count). The van der Waals surface area contributed by atoms with Crippen LogP contribution in [0.5, 0.6) is 0 Å². The smallest absolute Gasteiger partial charge is 0.0129 e. The maximum atomic E-state index is 5.86. The molecule has 0 aliphatic rings. The van der Waals surface area contributed by atoms with E-state index in [0.717, 1.165) is 0 Å². The van der Waals surface area contributed by atoms with Gasteiger partial charge >= 0.3 is 0 Å². The Hall–Kier alpha value is 0.640. The van der Waals surface area contributed by atoms with Gasteiger partial charge in [-0.15, -0.1) is 0 Å². The lowest BCUT2D eigenvalue weighted by Gasteiger charge is -2.04. The quantitative estimate of drug-likeness (QED) is 0.470. The first-order valence-electron chi connectivity index (χ1n) is 4.14. The van der Waals surface area contributed by atoms with Crippen LogP contribution in [-0.4, -0.2) is 12.0 Å². The second-order valence-electron chi connectivity index (χ2n) is 2.74. The largest absolute Gasteiger partial charge is 0.178 e. The molecule has 0 aliphatic carbocycles. The Bertz CT molecular complexity index is 64.3. The van der Waals surface area contributed by atoms with Gasteiger partial charge in [-0.3, -0.25) is 0 Å². The van der Waals surface area contributed by atoms with E-state index in [1.807, 2.05) is 0 Å². The molecule has 2 heteroatoms. The third-order valence-corrected chi connectivity index (χ3v) is 3.01. The zero-order valence-corrected chi connectivity index (χ0v) is 8.72. The fourth-order valence-electron chi connectivity index (χ4n) is 0.933. The average Bonchev–Trinajstić information content (AvgIpc) is 1.87. The zero-order valence-electron chi connectivity index (χ0n) is 7.07. The predicted molar refractivity (Wildman–Crippen MR) is 54.4 cm³/mol. The standard InChI is InChI=1S/C8H19ClS/c1-3-4-5-6-7-8-10(2)9/h10H,3-8H2,1-2H3. The van der Waals surface area contributed by atoms with Crippen molar-refractivity contribution < 1.29 is 0 Å². The average molecular weight is 183 g/mol. The summed E-state index contributed by atoms with van der Waals surface area (Å²) in [5.74, 6) is 1.25. The third-order valence-electron chi connectivity index (χ3n) is 1.57. The van der Waals surface area contributed by atoms with E-state index in [1.165, 1.54) is 37.9 Å². The van der Waals surface area contributed by atoms with Crippen LogP contribution < -0.4 is 0 Å². The van der Waals surface area contributed by atoms with Gasteiger partial charge in [0.15, 0.2) is 0 Å². The second kappa shape index (κ2) is 7.74. The summed E-state index contributed by atoms with van der Waals surface area (Å²) in [6.07, 6.45) is 8.98. The molecule has 0 aromatic carbocycles. The van der Waals surface area contributed by atoms with Crippen molar-refractivity contribution in [2.75, 3.05) is 12.0 Å². The lowest BCUT2D eigenvalue weighted by Crippen LogP contribution is -1.82. The monoisotopic (exact) mass is 182 g/mol. The topological polar surface area (TPSA) is 0 Å². The van der Waals surface area contributed by atoms with Crippen LogP contribution in [-0.2, 0) is 0 Å². The molecule has 0 fully saturated rings. The van der Waals surface area contributed by atoms with E-state index in [9.17, 15) is 0 Å². The third kappa shape index (κ3) is 8.64. The summed E-state index contributed by atoms with van der Waals surface area (Å²) >= 11 is 0. The summed E-state index contributed by atoms with van der Waals surface area (Å²) in [4.78, 5) is 0. The van der Waals surface area contributed by atoms with Crippen molar-refractivity contribution in [2.45, 2.75) is 39.0 Å². The Balaban J connectivity index is 2.77. The molecule has 0 nitrogen and oxygen atoms in total. The molecule has 0 heterocycles. The highest BCUT2D eigenvalue weighted by molar-refractivity contribution is 8.35. The normalized spacial score (nSPS) is 15.3. The van der Waals surface area contributed by atoms with E-state index in [0.29, 0.717) is 0 Å². The Morgan fingerprint density at radius 1 is 1.10 bits per heavy atom. The van der Waals surface area contributed by atoms with Gasteiger partial charge in [0.25, 0.3) is 0 Å². The Kier molecular flexibility index (Phi) is 8.24. The van der Waals surface area contributed by atoms with Gasteiger partial charge in [-0.25, -0.2) is 0 Å². The number of rotatable bonds is 6. The highest BCUT2D eigenvalue weighted by Crippen LogP contribution is 2.26. The minimum absolute atomic E-state index is 0.149. The van der Waals surface area contributed by atoms with Crippen LogP contribution in [0.4, 0.5) is 0 Å². The summed E-state index contributed by atoms with van der Waals surface area (Å²) in [5.41, 5.74) is 0. The molecular formula is C8H19ClS. The van der Waals surface area contributed by atoms with Crippen molar-refractivity contribution >= 4 is 20.8 Å². The Labute approximate surface area is 72.2 Å². The van der Waals surface area contributed by atoms with Crippen molar-refractivity contribution in [2.24, 2.45) is 0 Å². The van der Waals surface area contributed by atoms with Gasteiger partial charge in [0.1, 0.15) is 0 Å². The molecule has 0 N–H and O–H groups in total. The van der Waals surface area contributed by atoms with Crippen LogP contribution in [0.2, 0.25) is 0 Å². The highest BCUT2D eigenvalue weighted by atomic mass is 35.7. The van der Waals surface area contributed by atoms with Crippen LogP contribution in [0.15, 0.2) is 0 Å². The molecule has 64 valence electrons. The number of thiol groups is 1. The first kappa shape index (κ1) is 10.6. The molecule has 10 heavy (non-hydrogen) atoms. The van der Waals surface area contributed by atoms with Gasteiger partial charge in [0.2, 0.25) is 0 Å². The molecule has 0 aromatic rings. The molecule has 0 amide bonds. The van der Waals surface area contributed by atoms with Gasteiger partial charge < -0.3 is 0 Å². The number of hydrogen-bond donors (Lipinski definition) is 1. The van der Waals surface area contributed by atoms with E-state index < -0.39 is 0 Å². The van der Waals surface area contributed by atoms with Crippen LogP contribution in [0.3, 0.4) is 0 Å². The van der Waals surface area contributed by atoms with Gasteiger partial charge in [-0.05, 0) is 18.4 Å². The maximum absolute atomic E-state index is 5.86. The number of unbranched alkanes of at least 4 members (excludes halogenated alkanes) is 4. The van der Waals surface area contributed by atoms with Crippen molar-refractivity contribution in [3.05, 3.63) is 0 Å². The van der Waals surface area contributed by atoms with Crippen LogP contribution in [0, 0.1) is 0 Å². The molecule has 0 bridgehead atoms. The SMILES string of the molecule is CCCCCCC[SH](C)Cl. The summed E-state index contributed by atoms with van der Waals surface area (Å²) < 4.78 is 0. The Morgan fingerprint density at radius 3 is 2.20 bits per heavy atom. The van der Waals surface area contributed by atoms with Gasteiger partial charge in [-0.2, -0.15) is 10.1 Å². The fraction of sp³-hybridized carbons (Fsp3) is 1.00. The molecule has 0 saturated carbocycles. The van der Waals surface area contributed by atoms with Crippen molar-refractivity contribution in [3.63, 3.8) is 0 Å². The second-order valence-corrected chi connectivity index (χ2v) is 6.13. The van der Waals surface area contributed by atoms with Gasteiger partial charge in [0, 0.05) is 0 Å². The molecule has 0 saturated heterocycles. The van der Waals surface area contributed by atoms with Crippen LogP contribution in [0.1, 0.15) is 39.0 Å². The molecule has 0 aromatic heterocycles. The molecule has 1 unspecified atom stereocenters.